The van der Waals surface area contributed by atoms with Gasteiger partial charge in [-0.05, 0) is 18.9 Å². The van der Waals surface area contributed by atoms with Gasteiger partial charge in [0.15, 0.2) is 0 Å². The molecule has 4 rings (SSSR count). The third-order valence-electron chi connectivity index (χ3n) is 5.26. The molecule has 2 fully saturated rings. The zero-order valence-corrected chi connectivity index (χ0v) is 12.7. The molecule has 0 unspecified atom stereocenters. The standard InChI is InChI=1S/C17H22N2O3/c20-16-18-15-4-2-1-3-14(15)17(22-16)7-9-19(10-8-17)13-5-11-21-12-6-13/h1-4,13H,5-12H2,(H,18,20). The first-order valence-corrected chi connectivity index (χ1v) is 8.18. The molecular weight excluding hydrogens is 280 g/mol. The lowest BCUT2D eigenvalue weighted by atomic mass is 9.81. The summed E-state index contributed by atoms with van der Waals surface area (Å²) in [5.41, 5.74) is 1.58. The van der Waals surface area contributed by atoms with Crippen LogP contribution in [0.4, 0.5) is 10.5 Å². The van der Waals surface area contributed by atoms with Gasteiger partial charge >= 0.3 is 6.09 Å². The molecule has 1 N–H and O–H groups in total. The van der Waals surface area contributed by atoms with Crippen LogP contribution in [0.3, 0.4) is 0 Å². The van der Waals surface area contributed by atoms with Gasteiger partial charge in [-0.25, -0.2) is 4.79 Å². The maximum atomic E-state index is 11.9. The van der Waals surface area contributed by atoms with Gasteiger partial charge in [-0.15, -0.1) is 0 Å². The highest BCUT2D eigenvalue weighted by Gasteiger charge is 2.45. The van der Waals surface area contributed by atoms with Gasteiger partial charge in [0.1, 0.15) is 5.60 Å². The molecule has 3 aliphatic rings. The molecule has 0 aliphatic carbocycles. The summed E-state index contributed by atoms with van der Waals surface area (Å²) in [6, 6.07) is 8.64. The molecule has 3 heterocycles. The first kappa shape index (κ1) is 14.0. The van der Waals surface area contributed by atoms with Crippen LogP contribution >= 0.6 is 0 Å². The van der Waals surface area contributed by atoms with Gasteiger partial charge in [-0.3, -0.25) is 10.2 Å². The summed E-state index contributed by atoms with van der Waals surface area (Å²) in [6.45, 7) is 3.70. The Bertz CT molecular complexity index is 561. The number of benzene rings is 1. The first-order valence-electron chi connectivity index (χ1n) is 8.18. The maximum Gasteiger partial charge on any atom is 0.412 e. The summed E-state index contributed by atoms with van der Waals surface area (Å²) in [6.07, 6.45) is 3.65. The predicted molar refractivity (Wildman–Crippen MR) is 82.9 cm³/mol. The predicted octanol–water partition coefficient (Wildman–Crippen LogP) is 2.72. The molecule has 22 heavy (non-hydrogen) atoms. The second kappa shape index (κ2) is 5.56. The van der Waals surface area contributed by atoms with Gasteiger partial charge in [0.2, 0.25) is 0 Å². The van der Waals surface area contributed by atoms with Gasteiger partial charge < -0.3 is 9.47 Å². The van der Waals surface area contributed by atoms with Crippen molar-refractivity contribution in [3.05, 3.63) is 29.8 Å². The minimum Gasteiger partial charge on any atom is -0.438 e. The molecule has 0 atom stereocenters. The lowest BCUT2D eigenvalue weighted by Crippen LogP contribution is -2.51. The fraction of sp³-hybridized carbons (Fsp3) is 0.588. The summed E-state index contributed by atoms with van der Waals surface area (Å²) >= 11 is 0. The van der Waals surface area contributed by atoms with Gasteiger partial charge in [0, 0.05) is 50.8 Å². The van der Waals surface area contributed by atoms with Crippen molar-refractivity contribution in [2.75, 3.05) is 31.6 Å². The van der Waals surface area contributed by atoms with Gasteiger partial charge in [-0.2, -0.15) is 0 Å². The number of nitrogens with zero attached hydrogens (tertiary/aromatic N) is 1. The van der Waals surface area contributed by atoms with Crippen LogP contribution in [0.25, 0.3) is 0 Å². The van der Waals surface area contributed by atoms with E-state index >= 15 is 0 Å². The van der Waals surface area contributed by atoms with Crippen molar-refractivity contribution >= 4 is 11.8 Å². The second-order valence-corrected chi connectivity index (χ2v) is 6.43. The Kier molecular flexibility index (Phi) is 3.54. The molecule has 0 aromatic heterocycles. The molecular formula is C17H22N2O3. The van der Waals surface area contributed by atoms with Crippen LogP contribution in [-0.2, 0) is 15.1 Å². The van der Waals surface area contributed by atoms with Crippen molar-refractivity contribution in [2.24, 2.45) is 0 Å². The van der Waals surface area contributed by atoms with Crippen molar-refractivity contribution in [3.8, 4) is 0 Å². The number of fused-ring (bicyclic) bond motifs is 2. The largest absolute Gasteiger partial charge is 0.438 e. The number of anilines is 1. The highest BCUT2D eigenvalue weighted by Crippen LogP contribution is 2.43. The van der Waals surface area contributed by atoms with Crippen molar-refractivity contribution < 1.29 is 14.3 Å². The van der Waals surface area contributed by atoms with E-state index in [0.29, 0.717) is 6.04 Å². The Morgan fingerprint density at radius 3 is 2.64 bits per heavy atom. The van der Waals surface area contributed by atoms with E-state index in [1.165, 1.54) is 0 Å². The fourth-order valence-electron chi connectivity index (χ4n) is 4.03. The fourth-order valence-corrected chi connectivity index (χ4v) is 4.03. The monoisotopic (exact) mass is 302 g/mol. The quantitative estimate of drug-likeness (QED) is 0.866. The summed E-state index contributed by atoms with van der Waals surface area (Å²) < 4.78 is 11.2. The molecule has 0 saturated carbocycles. The Balaban J connectivity index is 1.53. The molecule has 0 radical (unpaired) electrons. The van der Waals surface area contributed by atoms with Crippen molar-refractivity contribution in [1.29, 1.82) is 0 Å². The zero-order valence-electron chi connectivity index (χ0n) is 12.7. The number of carbonyl (C=O) groups is 1. The Labute approximate surface area is 130 Å². The average molecular weight is 302 g/mol. The van der Waals surface area contributed by atoms with Crippen LogP contribution in [0.1, 0.15) is 31.2 Å². The molecule has 1 amide bonds. The van der Waals surface area contributed by atoms with Gasteiger partial charge in [0.05, 0.1) is 5.69 Å². The number of rotatable bonds is 1. The molecule has 0 bridgehead atoms. The number of hydrogen-bond donors (Lipinski definition) is 1. The van der Waals surface area contributed by atoms with E-state index in [9.17, 15) is 4.79 Å². The van der Waals surface area contributed by atoms with Crippen LogP contribution in [0.5, 0.6) is 0 Å². The van der Waals surface area contributed by atoms with E-state index in [0.717, 1.165) is 63.2 Å². The zero-order chi connectivity index (χ0) is 15.0. The molecule has 2 saturated heterocycles. The number of hydrogen-bond acceptors (Lipinski definition) is 4. The van der Waals surface area contributed by atoms with Gasteiger partial charge in [-0.1, -0.05) is 18.2 Å². The smallest absolute Gasteiger partial charge is 0.412 e. The minimum absolute atomic E-state index is 0.321. The number of amides is 1. The van der Waals surface area contributed by atoms with Crippen LogP contribution in [-0.4, -0.2) is 43.3 Å². The van der Waals surface area contributed by atoms with Crippen molar-refractivity contribution in [1.82, 2.24) is 4.90 Å². The normalized spacial score (nSPS) is 25.4. The first-order chi connectivity index (χ1) is 10.8. The summed E-state index contributed by atoms with van der Waals surface area (Å²) in [4.78, 5) is 14.5. The van der Waals surface area contributed by atoms with Crippen LogP contribution in [0.15, 0.2) is 24.3 Å². The highest BCUT2D eigenvalue weighted by molar-refractivity contribution is 5.88. The molecule has 1 aromatic rings. The van der Waals surface area contributed by atoms with Crippen LogP contribution in [0.2, 0.25) is 0 Å². The molecule has 3 aliphatic heterocycles. The van der Waals surface area contributed by atoms with Crippen molar-refractivity contribution in [3.63, 3.8) is 0 Å². The van der Waals surface area contributed by atoms with E-state index in [4.69, 9.17) is 9.47 Å². The summed E-state index contributed by atoms with van der Waals surface area (Å²) in [7, 11) is 0. The average Bonchev–Trinajstić information content (AvgIpc) is 2.56. The van der Waals surface area contributed by atoms with E-state index < -0.39 is 5.60 Å². The molecule has 1 aromatic carbocycles. The summed E-state index contributed by atoms with van der Waals surface area (Å²) in [5.74, 6) is 0. The number of nitrogens with one attached hydrogen (secondary N) is 1. The lowest BCUT2D eigenvalue weighted by molar-refractivity contribution is -0.0572. The van der Waals surface area contributed by atoms with E-state index in [2.05, 4.69) is 16.3 Å². The number of ether oxygens (including phenoxy) is 2. The minimum atomic E-state index is -0.444. The molecule has 5 heteroatoms. The second-order valence-electron chi connectivity index (χ2n) is 6.43. The maximum absolute atomic E-state index is 11.9. The SMILES string of the molecule is O=C1Nc2ccccc2C2(CCN(C3CCOCC3)CC2)O1. The lowest BCUT2D eigenvalue weighted by Gasteiger charge is -2.46. The molecule has 5 nitrogen and oxygen atoms in total. The summed E-state index contributed by atoms with van der Waals surface area (Å²) in [5, 5.41) is 2.81. The topological polar surface area (TPSA) is 50.8 Å². The van der Waals surface area contributed by atoms with Crippen LogP contribution in [0, 0.1) is 0 Å². The van der Waals surface area contributed by atoms with E-state index in [1.807, 2.05) is 18.2 Å². The Morgan fingerprint density at radius 1 is 1.14 bits per heavy atom. The van der Waals surface area contributed by atoms with Crippen molar-refractivity contribution in [2.45, 2.75) is 37.3 Å². The third kappa shape index (κ3) is 2.38. The third-order valence-corrected chi connectivity index (χ3v) is 5.26. The van der Waals surface area contributed by atoms with E-state index in [1.54, 1.807) is 0 Å². The molecule has 118 valence electrons. The number of carbonyl (C=O) groups excluding carboxylic acids is 1. The van der Waals surface area contributed by atoms with Crippen LogP contribution < -0.4 is 5.32 Å². The Morgan fingerprint density at radius 2 is 1.86 bits per heavy atom. The highest BCUT2D eigenvalue weighted by atomic mass is 16.6. The van der Waals surface area contributed by atoms with Gasteiger partial charge in [0.25, 0.3) is 0 Å². The number of para-hydroxylation sites is 1. The number of piperidine rings is 1. The number of likely N-dealkylation sites (tertiary alicyclic amines) is 1. The molecule has 1 spiro atoms. The van der Waals surface area contributed by atoms with E-state index in [-0.39, 0.29) is 6.09 Å². The Hall–Kier alpha value is -1.59.